The van der Waals surface area contributed by atoms with Crippen molar-refractivity contribution in [2.45, 2.75) is 47.6 Å². The van der Waals surface area contributed by atoms with Gasteiger partial charge in [-0.1, -0.05) is 30.3 Å². The normalized spacial score (nSPS) is 17.1. The van der Waals surface area contributed by atoms with Gasteiger partial charge in [0, 0.05) is 30.0 Å². The molecule has 1 atom stereocenters. The van der Waals surface area contributed by atoms with E-state index in [1.165, 1.54) is 4.90 Å². The molecule has 3 aromatic carbocycles. The number of hydrogen-bond donors (Lipinski definition) is 1. The molecule has 1 aliphatic heterocycles. The van der Waals surface area contributed by atoms with Crippen LogP contribution in [0, 0.1) is 27.7 Å². The molecule has 1 saturated heterocycles. The number of hydrogen-bond acceptors (Lipinski definition) is 4. The Balaban J connectivity index is 1.93. The minimum Gasteiger partial charge on any atom is -0.507 e. The van der Waals surface area contributed by atoms with Gasteiger partial charge in [-0.25, -0.2) is 0 Å². The zero-order chi connectivity index (χ0) is 26.1. The van der Waals surface area contributed by atoms with Crippen molar-refractivity contribution < 1.29 is 14.7 Å². The first-order valence-electron chi connectivity index (χ1n) is 12.5. The Bertz CT molecular complexity index is 1330. The Morgan fingerprint density at radius 2 is 1.44 bits per heavy atom. The quantitative estimate of drug-likeness (QED) is 0.251. The van der Waals surface area contributed by atoms with Crippen LogP contribution in [0.2, 0.25) is 0 Å². The van der Waals surface area contributed by atoms with Gasteiger partial charge in [0.25, 0.3) is 11.7 Å². The van der Waals surface area contributed by atoms with Crippen molar-refractivity contribution in [2.75, 3.05) is 22.9 Å². The number of anilines is 2. The molecule has 36 heavy (non-hydrogen) atoms. The van der Waals surface area contributed by atoms with Crippen molar-refractivity contribution in [3.05, 3.63) is 99.6 Å². The summed E-state index contributed by atoms with van der Waals surface area (Å²) in [5, 5.41) is 11.4. The molecule has 0 radical (unpaired) electrons. The first-order valence-corrected chi connectivity index (χ1v) is 12.5. The van der Waals surface area contributed by atoms with Crippen LogP contribution in [0.4, 0.5) is 11.4 Å². The van der Waals surface area contributed by atoms with Crippen LogP contribution in [0.3, 0.4) is 0 Å². The second-order valence-electron chi connectivity index (χ2n) is 9.58. The van der Waals surface area contributed by atoms with E-state index in [2.05, 4.69) is 18.7 Å². The summed E-state index contributed by atoms with van der Waals surface area (Å²) in [5.41, 5.74) is 7.21. The van der Waals surface area contributed by atoms with E-state index in [4.69, 9.17) is 0 Å². The van der Waals surface area contributed by atoms with E-state index in [0.29, 0.717) is 11.3 Å². The smallest absolute Gasteiger partial charge is 0.300 e. The van der Waals surface area contributed by atoms with E-state index in [1.807, 2.05) is 82.3 Å². The summed E-state index contributed by atoms with van der Waals surface area (Å²) < 4.78 is 0. The highest BCUT2D eigenvalue weighted by Crippen LogP contribution is 2.43. The second-order valence-corrected chi connectivity index (χ2v) is 9.58. The largest absolute Gasteiger partial charge is 0.507 e. The second kappa shape index (κ2) is 10.0. The molecular formula is C31H34N2O3. The molecule has 0 bridgehead atoms. The highest BCUT2D eigenvalue weighted by atomic mass is 16.3. The summed E-state index contributed by atoms with van der Waals surface area (Å²) >= 11 is 0. The van der Waals surface area contributed by atoms with Gasteiger partial charge in [0.05, 0.1) is 11.6 Å². The molecule has 0 aliphatic carbocycles. The van der Waals surface area contributed by atoms with E-state index in [0.717, 1.165) is 46.6 Å². The Morgan fingerprint density at radius 1 is 0.833 bits per heavy atom. The first kappa shape index (κ1) is 25.2. The van der Waals surface area contributed by atoms with E-state index in [-0.39, 0.29) is 11.3 Å². The van der Waals surface area contributed by atoms with Crippen LogP contribution < -0.4 is 9.80 Å². The fraction of sp³-hybridized carbons (Fsp3) is 0.290. The van der Waals surface area contributed by atoms with Gasteiger partial charge >= 0.3 is 0 Å². The van der Waals surface area contributed by atoms with Crippen LogP contribution in [0.25, 0.3) is 5.76 Å². The monoisotopic (exact) mass is 482 g/mol. The molecule has 1 heterocycles. The van der Waals surface area contributed by atoms with Crippen molar-refractivity contribution in [3.8, 4) is 0 Å². The summed E-state index contributed by atoms with van der Waals surface area (Å²) in [5.74, 6) is -1.47. The van der Waals surface area contributed by atoms with E-state index in [9.17, 15) is 14.7 Å². The zero-order valence-corrected chi connectivity index (χ0v) is 21.9. The molecule has 1 amide bonds. The van der Waals surface area contributed by atoms with Gasteiger partial charge in [-0.15, -0.1) is 0 Å². The minimum absolute atomic E-state index is 0.109. The van der Waals surface area contributed by atoms with Crippen molar-refractivity contribution in [2.24, 2.45) is 0 Å². The minimum atomic E-state index is -0.737. The van der Waals surface area contributed by atoms with E-state index < -0.39 is 17.7 Å². The lowest BCUT2D eigenvalue weighted by atomic mass is 9.94. The van der Waals surface area contributed by atoms with Gasteiger partial charge in [0.1, 0.15) is 5.76 Å². The van der Waals surface area contributed by atoms with Gasteiger partial charge in [-0.2, -0.15) is 0 Å². The molecular weight excluding hydrogens is 448 g/mol. The fourth-order valence-electron chi connectivity index (χ4n) is 5.00. The third-order valence-electron chi connectivity index (χ3n) is 7.05. The number of aliphatic hydroxyl groups excluding tert-OH is 1. The highest BCUT2D eigenvalue weighted by molar-refractivity contribution is 6.51. The molecule has 4 rings (SSSR count). The van der Waals surface area contributed by atoms with Gasteiger partial charge < -0.3 is 10.0 Å². The van der Waals surface area contributed by atoms with Gasteiger partial charge in [0.2, 0.25) is 0 Å². The zero-order valence-electron chi connectivity index (χ0n) is 21.9. The standard InChI is InChI=1S/C31H34N2O3/c1-7-32(8-2)25-13-11-23(12-14-25)28-27(29(34)24-10-9-21(5)22(6)18-24)30(35)31(36)33(28)26-16-19(3)15-20(4)17-26/h9-18,28,34H,7-8H2,1-6H3/b29-27-. The van der Waals surface area contributed by atoms with Crippen LogP contribution >= 0.6 is 0 Å². The van der Waals surface area contributed by atoms with Crippen LogP contribution in [0.15, 0.2) is 66.2 Å². The Morgan fingerprint density at radius 3 is 2.00 bits per heavy atom. The van der Waals surface area contributed by atoms with Crippen molar-refractivity contribution in [1.82, 2.24) is 0 Å². The summed E-state index contributed by atoms with van der Waals surface area (Å²) in [6.07, 6.45) is 0. The van der Waals surface area contributed by atoms with Crippen LogP contribution in [-0.2, 0) is 9.59 Å². The molecule has 5 nitrogen and oxygen atoms in total. The number of ketones is 1. The summed E-state index contributed by atoms with van der Waals surface area (Å²) in [4.78, 5) is 30.7. The Labute approximate surface area is 213 Å². The third-order valence-corrected chi connectivity index (χ3v) is 7.05. The van der Waals surface area contributed by atoms with Crippen LogP contribution in [0.5, 0.6) is 0 Å². The molecule has 1 fully saturated rings. The van der Waals surface area contributed by atoms with Gasteiger partial charge in [0.15, 0.2) is 0 Å². The number of benzene rings is 3. The predicted octanol–water partition coefficient (Wildman–Crippen LogP) is 6.39. The number of nitrogens with zero attached hydrogens (tertiary/aromatic N) is 2. The molecule has 0 saturated carbocycles. The Kier molecular flexibility index (Phi) is 7.02. The number of amides is 1. The molecule has 1 N–H and O–H groups in total. The number of aryl methyl sites for hydroxylation is 4. The summed E-state index contributed by atoms with van der Waals surface area (Å²) in [6.45, 7) is 13.9. The average Bonchev–Trinajstić information content (AvgIpc) is 3.11. The lowest BCUT2D eigenvalue weighted by Gasteiger charge is -2.27. The van der Waals surface area contributed by atoms with Gasteiger partial charge in [-0.3, -0.25) is 14.5 Å². The molecule has 186 valence electrons. The third kappa shape index (κ3) is 4.53. The molecule has 3 aromatic rings. The molecule has 1 unspecified atom stereocenters. The highest BCUT2D eigenvalue weighted by Gasteiger charge is 2.47. The SMILES string of the molecule is CCN(CC)c1ccc(C2/C(=C(/O)c3ccc(C)c(C)c3)C(=O)C(=O)N2c2cc(C)cc(C)c2)cc1. The maximum Gasteiger partial charge on any atom is 0.300 e. The molecule has 0 aromatic heterocycles. The predicted molar refractivity (Wildman–Crippen MR) is 147 cm³/mol. The maximum absolute atomic E-state index is 13.5. The number of Topliss-reactive ketones (excluding diaryl/α,β-unsaturated/α-hetero) is 1. The molecule has 5 heteroatoms. The Hall–Kier alpha value is -3.86. The van der Waals surface area contributed by atoms with E-state index >= 15 is 0 Å². The lowest BCUT2D eigenvalue weighted by Crippen LogP contribution is -2.29. The average molecular weight is 483 g/mol. The number of rotatable bonds is 6. The van der Waals surface area contributed by atoms with Crippen molar-refractivity contribution in [1.29, 1.82) is 0 Å². The summed E-state index contributed by atoms with van der Waals surface area (Å²) in [6, 6.07) is 18.6. The number of aliphatic hydroxyl groups is 1. The number of carbonyl (C=O) groups is 2. The maximum atomic E-state index is 13.5. The van der Waals surface area contributed by atoms with E-state index in [1.54, 1.807) is 6.07 Å². The number of carbonyl (C=O) groups excluding carboxylic acids is 2. The fourth-order valence-corrected chi connectivity index (χ4v) is 5.00. The molecule has 1 aliphatic rings. The topological polar surface area (TPSA) is 60.9 Å². The van der Waals surface area contributed by atoms with Crippen LogP contribution in [-0.4, -0.2) is 29.9 Å². The first-order chi connectivity index (χ1) is 17.2. The van der Waals surface area contributed by atoms with Crippen molar-refractivity contribution >= 4 is 28.8 Å². The molecule has 0 spiro atoms. The summed E-state index contributed by atoms with van der Waals surface area (Å²) in [7, 11) is 0. The lowest BCUT2D eigenvalue weighted by molar-refractivity contribution is -0.132. The van der Waals surface area contributed by atoms with Crippen LogP contribution in [0.1, 0.15) is 53.3 Å². The van der Waals surface area contributed by atoms with Gasteiger partial charge in [-0.05, 0) is 99.7 Å². The van der Waals surface area contributed by atoms with Crippen molar-refractivity contribution in [3.63, 3.8) is 0 Å².